The zero-order chi connectivity index (χ0) is 23.1. The molecule has 2 heterocycles. The third-order valence-corrected chi connectivity index (χ3v) is 6.15. The number of hydrogen-bond donors (Lipinski definition) is 1. The van der Waals surface area contributed by atoms with E-state index < -0.39 is 16.9 Å². The maximum absolute atomic E-state index is 13.6. The molecule has 2 unspecified atom stereocenters. The van der Waals surface area contributed by atoms with Crippen LogP contribution in [0.4, 0.5) is 11.4 Å². The lowest BCUT2D eigenvalue weighted by molar-refractivity contribution is -0.385. The number of para-hydroxylation sites is 2. The Morgan fingerprint density at radius 2 is 1.73 bits per heavy atom. The fourth-order valence-corrected chi connectivity index (χ4v) is 4.62. The Labute approximate surface area is 189 Å². The molecular formula is C25H21N3O5. The molecule has 5 rings (SSSR count). The number of nitro groups is 1. The Morgan fingerprint density at radius 3 is 2.48 bits per heavy atom. The highest BCUT2D eigenvalue weighted by Crippen LogP contribution is 2.54. The van der Waals surface area contributed by atoms with Crippen LogP contribution in [0.15, 0.2) is 72.9 Å². The van der Waals surface area contributed by atoms with E-state index in [-0.39, 0.29) is 11.6 Å². The van der Waals surface area contributed by atoms with E-state index in [0.29, 0.717) is 22.7 Å². The number of ether oxygens (including phenoxy) is 2. The summed E-state index contributed by atoms with van der Waals surface area (Å²) in [5.74, 6) is 0.281. The Morgan fingerprint density at radius 1 is 0.970 bits per heavy atom. The second-order valence-electron chi connectivity index (χ2n) is 7.77. The van der Waals surface area contributed by atoms with E-state index in [1.807, 2.05) is 30.5 Å². The molecule has 0 aliphatic carbocycles. The van der Waals surface area contributed by atoms with Gasteiger partial charge in [0.1, 0.15) is 11.5 Å². The van der Waals surface area contributed by atoms with Crippen molar-refractivity contribution in [1.82, 2.24) is 4.98 Å². The molecule has 33 heavy (non-hydrogen) atoms. The number of nitrogens with zero attached hydrogens (tertiary/aromatic N) is 2. The first-order valence-electron chi connectivity index (χ1n) is 10.4. The van der Waals surface area contributed by atoms with Gasteiger partial charge in [-0.15, -0.1) is 0 Å². The third kappa shape index (κ3) is 3.18. The summed E-state index contributed by atoms with van der Waals surface area (Å²) in [6, 6.07) is 18.8. The second-order valence-corrected chi connectivity index (χ2v) is 7.77. The number of amides is 1. The highest BCUT2D eigenvalue weighted by Gasteiger charge is 2.53. The van der Waals surface area contributed by atoms with Gasteiger partial charge >= 0.3 is 0 Å². The Kier molecular flexibility index (Phi) is 4.97. The first-order chi connectivity index (χ1) is 16.0. The number of nitro benzene ring substituents is 1. The number of nitrogens with one attached hydrogen (secondary N) is 1. The molecule has 0 spiro atoms. The number of H-pyrrole nitrogens is 1. The SMILES string of the molecule is COc1ccc(N2C(=O)C(c3c[nH]c4ccccc34)C2c2ccccc2[N+](=O)[O-])c(OC)c1. The lowest BCUT2D eigenvalue weighted by atomic mass is 9.76. The molecule has 4 aromatic rings. The predicted octanol–water partition coefficient (Wildman–Crippen LogP) is 4.97. The fourth-order valence-electron chi connectivity index (χ4n) is 4.62. The molecule has 1 aliphatic heterocycles. The number of methoxy groups -OCH3 is 2. The summed E-state index contributed by atoms with van der Waals surface area (Å²) in [6.45, 7) is 0. The van der Waals surface area contributed by atoms with E-state index in [1.165, 1.54) is 13.2 Å². The van der Waals surface area contributed by atoms with Crippen LogP contribution in [0.1, 0.15) is 23.1 Å². The molecule has 8 nitrogen and oxygen atoms in total. The Bertz CT molecular complexity index is 1380. The van der Waals surface area contributed by atoms with Crippen LogP contribution < -0.4 is 14.4 Å². The van der Waals surface area contributed by atoms with Gasteiger partial charge in [-0.1, -0.05) is 36.4 Å². The van der Waals surface area contributed by atoms with Crippen LogP contribution in [-0.2, 0) is 4.79 Å². The van der Waals surface area contributed by atoms with Crippen molar-refractivity contribution in [3.8, 4) is 11.5 Å². The van der Waals surface area contributed by atoms with Crippen LogP contribution in [0.2, 0.25) is 0 Å². The summed E-state index contributed by atoms with van der Waals surface area (Å²) in [7, 11) is 3.06. The number of carbonyl (C=O) groups is 1. The normalized spacial score (nSPS) is 17.6. The number of carbonyl (C=O) groups excluding carboxylic acids is 1. The van der Waals surface area contributed by atoms with E-state index in [2.05, 4.69) is 4.98 Å². The Balaban J connectivity index is 1.70. The largest absolute Gasteiger partial charge is 0.497 e. The van der Waals surface area contributed by atoms with E-state index >= 15 is 0 Å². The molecule has 0 radical (unpaired) electrons. The summed E-state index contributed by atoms with van der Waals surface area (Å²) >= 11 is 0. The molecular weight excluding hydrogens is 422 g/mol. The first-order valence-corrected chi connectivity index (χ1v) is 10.4. The van der Waals surface area contributed by atoms with Crippen LogP contribution in [0, 0.1) is 10.1 Å². The maximum Gasteiger partial charge on any atom is 0.274 e. The van der Waals surface area contributed by atoms with Gasteiger partial charge in [0.2, 0.25) is 5.91 Å². The smallest absolute Gasteiger partial charge is 0.274 e. The van der Waals surface area contributed by atoms with Crippen molar-refractivity contribution in [2.75, 3.05) is 19.1 Å². The van der Waals surface area contributed by atoms with Crippen molar-refractivity contribution < 1.29 is 19.2 Å². The van der Waals surface area contributed by atoms with Crippen molar-refractivity contribution in [2.45, 2.75) is 12.0 Å². The molecule has 0 saturated carbocycles. The van der Waals surface area contributed by atoms with Gasteiger partial charge in [0, 0.05) is 29.2 Å². The van der Waals surface area contributed by atoms with Gasteiger partial charge in [-0.25, -0.2) is 0 Å². The van der Waals surface area contributed by atoms with Crippen molar-refractivity contribution >= 4 is 28.2 Å². The average Bonchev–Trinajstić information content (AvgIpc) is 3.26. The first kappa shape index (κ1) is 20.6. The van der Waals surface area contributed by atoms with Gasteiger partial charge in [0.05, 0.1) is 42.4 Å². The number of β-lactam (4-membered cyclic amide) rings is 1. The van der Waals surface area contributed by atoms with Crippen LogP contribution in [0.3, 0.4) is 0 Å². The van der Waals surface area contributed by atoms with Gasteiger partial charge in [0.25, 0.3) is 5.69 Å². The molecule has 8 heteroatoms. The predicted molar refractivity (Wildman–Crippen MR) is 124 cm³/mol. The molecule has 1 saturated heterocycles. The van der Waals surface area contributed by atoms with E-state index in [4.69, 9.17) is 9.47 Å². The van der Waals surface area contributed by atoms with Gasteiger partial charge in [-0.2, -0.15) is 0 Å². The lowest BCUT2D eigenvalue weighted by Crippen LogP contribution is -2.53. The number of fused-ring (bicyclic) bond motifs is 1. The molecule has 3 aromatic carbocycles. The molecule has 1 aliphatic rings. The summed E-state index contributed by atoms with van der Waals surface area (Å²) in [5.41, 5.74) is 2.68. The number of aromatic amines is 1. The van der Waals surface area contributed by atoms with E-state index in [1.54, 1.807) is 48.4 Å². The standard InChI is InChI=1S/C25H21N3O5/c1-32-15-11-12-21(22(13-15)33-2)27-24(17-8-4-6-10-20(17)28(30)31)23(25(27)29)18-14-26-19-9-5-3-7-16(18)19/h3-14,23-24,26H,1-2H3. The molecule has 1 aromatic heterocycles. The minimum Gasteiger partial charge on any atom is -0.497 e. The highest BCUT2D eigenvalue weighted by molar-refractivity contribution is 6.09. The van der Waals surface area contributed by atoms with Crippen LogP contribution >= 0.6 is 0 Å². The van der Waals surface area contributed by atoms with Crippen LogP contribution in [0.5, 0.6) is 11.5 Å². The molecule has 1 fully saturated rings. The zero-order valence-corrected chi connectivity index (χ0v) is 18.0. The van der Waals surface area contributed by atoms with E-state index in [9.17, 15) is 14.9 Å². The minimum atomic E-state index is -0.589. The number of rotatable bonds is 6. The minimum absolute atomic E-state index is 0.0303. The molecule has 2 atom stereocenters. The van der Waals surface area contributed by atoms with Gasteiger partial charge in [-0.05, 0) is 23.8 Å². The average molecular weight is 443 g/mol. The van der Waals surface area contributed by atoms with Crippen LogP contribution in [-0.4, -0.2) is 30.0 Å². The van der Waals surface area contributed by atoms with Crippen molar-refractivity contribution in [2.24, 2.45) is 0 Å². The van der Waals surface area contributed by atoms with Crippen molar-refractivity contribution in [1.29, 1.82) is 0 Å². The van der Waals surface area contributed by atoms with Gasteiger partial charge in [0.15, 0.2) is 0 Å². The zero-order valence-electron chi connectivity index (χ0n) is 18.0. The number of anilines is 1. The number of hydrogen-bond acceptors (Lipinski definition) is 5. The topological polar surface area (TPSA) is 97.7 Å². The summed E-state index contributed by atoms with van der Waals surface area (Å²) in [5, 5.41) is 12.8. The molecule has 1 amide bonds. The van der Waals surface area contributed by atoms with Crippen LogP contribution in [0.25, 0.3) is 10.9 Å². The molecule has 166 valence electrons. The lowest BCUT2D eigenvalue weighted by Gasteiger charge is -2.47. The number of aromatic nitrogens is 1. The summed E-state index contributed by atoms with van der Waals surface area (Å²) in [6.07, 6.45) is 1.82. The number of benzene rings is 3. The summed E-state index contributed by atoms with van der Waals surface area (Å²) in [4.78, 5) is 29.9. The Hall–Kier alpha value is -4.33. The van der Waals surface area contributed by atoms with Gasteiger partial charge < -0.3 is 14.5 Å². The van der Waals surface area contributed by atoms with E-state index in [0.717, 1.165) is 16.5 Å². The second kappa shape index (κ2) is 7.98. The van der Waals surface area contributed by atoms with Gasteiger partial charge in [-0.3, -0.25) is 19.8 Å². The molecule has 0 bridgehead atoms. The third-order valence-electron chi connectivity index (χ3n) is 6.15. The maximum atomic E-state index is 13.6. The van der Waals surface area contributed by atoms with Crippen molar-refractivity contribution in [3.05, 3.63) is 94.2 Å². The molecule has 1 N–H and O–H groups in total. The fraction of sp³-hybridized carbons (Fsp3) is 0.160. The highest BCUT2D eigenvalue weighted by atomic mass is 16.6. The monoisotopic (exact) mass is 443 g/mol. The summed E-state index contributed by atoms with van der Waals surface area (Å²) < 4.78 is 10.8. The quantitative estimate of drug-likeness (QED) is 0.258. The van der Waals surface area contributed by atoms with Crippen molar-refractivity contribution in [3.63, 3.8) is 0 Å².